The van der Waals surface area contributed by atoms with Crippen molar-refractivity contribution in [1.82, 2.24) is 9.78 Å². The molecular formula is C13H10N4O3. The van der Waals surface area contributed by atoms with Gasteiger partial charge in [-0.25, -0.2) is 4.68 Å². The van der Waals surface area contributed by atoms with Crippen molar-refractivity contribution < 1.29 is 4.92 Å². The molecule has 0 unspecified atom stereocenters. The van der Waals surface area contributed by atoms with Crippen molar-refractivity contribution in [1.29, 1.82) is 5.26 Å². The van der Waals surface area contributed by atoms with Gasteiger partial charge in [0, 0.05) is 30.3 Å². The highest BCUT2D eigenvalue weighted by Crippen LogP contribution is 2.20. The molecule has 100 valence electrons. The van der Waals surface area contributed by atoms with E-state index in [1.807, 2.05) is 6.07 Å². The zero-order chi connectivity index (χ0) is 14.7. The summed E-state index contributed by atoms with van der Waals surface area (Å²) < 4.78 is 1.16. The molecule has 7 heteroatoms. The molecule has 0 aliphatic carbocycles. The molecule has 0 radical (unpaired) electrons. The highest BCUT2D eigenvalue weighted by atomic mass is 16.6. The van der Waals surface area contributed by atoms with E-state index in [9.17, 15) is 14.9 Å². The lowest BCUT2D eigenvalue weighted by atomic mass is 10.1. The van der Waals surface area contributed by atoms with E-state index in [1.54, 1.807) is 12.1 Å². The number of non-ortho nitro benzene ring substituents is 1. The number of nitriles is 1. The number of hydrogen-bond acceptors (Lipinski definition) is 5. The van der Waals surface area contributed by atoms with E-state index in [-0.39, 0.29) is 17.7 Å². The molecule has 7 nitrogen and oxygen atoms in total. The lowest BCUT2D eigenvalue weighted by Gasteiger charge is -2.05. The van der Waals surface area contributed by atoms with Crippen LogP contribution in [0.25, 0.3) is 11.3 Å². The minimum absolute atomic E-state index is 0.00479. The fourth-order valence-electron chi connectivity index (χ4n) is 1.78. The summed E-state index contributed by atoms with van der Waals surface area (Å²) in [6.45, 7) is 0. The summed E-state index contributed by atoms with van der Waals surface area (Å²) in [5.41, 5.74) is 1.14. The van der Waals surface area contributed by atoms with Crippen molar-refractivity contribution >= 4 is 5.69 Å². The predicted octanol–water partition coefficient (Wildman–Crippen LogP) is 1.42. The van der Waals surface area contributed by atoms with Crippen LogP contribution in [0, 0.1) is 21.4 Å². The van der Waals surface area contributed by atoms with Crippen molar-refractivity contribution in [2.45, 2.75) is 6.42 Å². The van der Waals surface area contributed by atoms with Crippen LogP contribution in [0.3, 0.4) is 0 Å². The summed E-state index contributed by atoms with van der Waals surface area (Å²) in [5.74, 6) is 0. The van der Waals surface area contributed by atoms with Gasteiger partial charge in [0.15, 0.2) is 0 Å². The summed E-state index contributed by atoms with van der Waals surface area (Å²) in [4.78, 5) is 21.9. The molecule has 2 rings (SSSR count). The molecule has 1 aromatic carbocycles. The number of aryl methyl sites for hydroxylation is 1. The van der Waals surface area contributed by atoms with Gasteiger partial charge in [-0.2, -0.15) is 10.4 Å². The number of nitro benzene ring substituents is 1. The van der Waals surface area contributed by atoms with Crippen LogP contribution in [0.15, 0.2) is 35.1 Å². The van der Waals surface area contributed by atoms with Crippen LogP contribution in [-0.4, -0.2) is 14.7 Å². The molecule has 0 spiro atoms. The molecular weight excluding hydrogens is 260 g/mol. The van der Waals surface area contributed by atoms with Crippen molar-refractivity contribution in [3.8, 4) is 17.3 Å². The molecule has 0 N–H and O–H groups in total. The Morgan fingerprint density at radius 2 is 2.05 bits per heavy atom. The maximum atomic E-state index is 11.7. The van der Waals surface area contributed by atoms with Gasteiger partial charge in [0.1, 0.15) is 0 Å². The largest absolute Gasteiger partial charge is 0.270 e. The Morgan fingerprint density at radius 3 is 2.60 bits per heavy atom. The SMILES string of the molecule is Cn1nc(-c2ccc([N+](=O)[O-])cc2)cc(CC#N)c1=O. The maximum absolute atomic E-state index is 11.7. The summed E-state index contributed by atoms with van der Waals surface area (Å²) in [7, 11) is 1.50. The van der Waals surface area contributed by atoms with Crippen LogP contribution < -0.4 is 5.56 Å². The molecule has 0 aliphatic rings. The van der Waals surface area contributed by atoms with E-state index < -0.39 is 4.92 Å². The molecule has 1 aromatic heterocycles. The number of benzene rings is 1. The van der Waals surface area contributed by atoms with Gasteiger partial charge < -0.3 is 0 Å². The second-order valence-corrected chi connectivity index (χ2v) is 4.12. The first-order valence-corrected chi connectivity index (χ1v) is 5.72. The number of hydrogen-bond donors (Lipinski definition) is 0. The molecule has 0 fully saturated rings. The van der Waals surface area contributed by atoms with Crippen molar-refractivity contribution in [3.63, 3.8) is 0 Å². The fourth-order valence-corrected chi connectivity index (χ4v) is 1.78. The summed E-state index contributed by atoms with van der Waals surface area (Å²) in [6.07, 6.45) is -0.00479. The zero-order valence-electron chi connectivity index (χ0n) is 10.6. The minimum atomic E-state index is -0.487. The quantitative estimate of drug-likeness (QED) is 0.620. The third-order valence-corrected chi connectivity index (χ3v) is 2.78. The molecule has 0 saturated carbocycles. The topological polar surface area (TPSA) is 102 Å². The predicted molar refractivity (Wildman–Crippen MR) is 70.9 cm³/mol. The lowest BCUT2D eigenvalue weighted by Crippen LogP contribution is -2.23. The second kappa shape index (κ2) is 5.32. The third kappa shape index (κ3) is 2.54. The molecule has 1 heterocycles. The van der Waals surface area contributed by atoms with E-state index in [1.165, 1.54) is 25.2 Å². The standard InChI is InChI=1S/C13H10N4O3/c1-16-13(18)10(6-7-14)8-12(15-16)9-2-4-11(5-3-9)17(19)20/h2-5,8H,6H2,1H3. The van der Waals surface area contributed by atoms with Crippen molar-refractivity contribution in [2.75, 3.05) is 0 Å². The molecule has 0 amide bonds. The highest BCUT2D eigenvalue weighted by Gasteiger charge is 2.10. The number of nitrogens with zero attached hydrogens (tertiary/aromatic N) is 4. The molecule has 0 saturated heterocycles. The van der Waals surface area contributed by atoms with Gasteiger partial charge in [0.2, 0.25) is 0 Å². The van der Waals surface area contributed by atoms with E-state index in [2.05, 4.69) is 5.10 Å². The molecule has 20 heavy (non-hydrogen) atoms. The summed E-state index contributed by atoms with van der Waals surface area (Å²) in [5, 5.41) is 23.4. The van der Waals surface area contributed by atoms with E-state index in [4.69, 9.17) is 5.26 Å². The number of aromatic nitrogens is 2. The Hall–Kier alpha value is -3.01. The Morgan fingerprint density at radius 1 is 1.40 bits per heavy atom. The van der Waals surface area contributed by atoms with Crippen LogP contribution in [0.1, 0.15) is 5.56 Å². The smallest absolute Gasteiger partial charge is 0.267 e. The lowest BCUT2D eigenvalue weighted by molar-refractivity contribution is -0.384. The van der Waals surface area contributed by atoms with Crippen LogP contribution in [-0.2, 0) is 13.5 Å². The van der Waals surface area contributed by atoms with Crippen LogP contribution >= 0.6 is 0 Å². The zero-order valence-corrected chi connectivity index (χ0v) is 10.6. The van der Waals surface area contributed by atoms with E-state index in [0.29, 0.717) is 16.8 Å². The molecule has 2 aromatic rings. The van der Waals surface area contributed by atoms with E-state index in [0.717, 1.165) is 4.68 Å². The Labute approximate surface area is 113 Å². The van der Waals surface area contributed by atoms with Gasteiger partial charge in [-0.1, -0.05) is 0 Å². The highest BCUT2D eigenvalue weighted by molar-refractivity contribution is 5.61. The Kier molecular flexibility index (Phi) is 3.57. The van der Waals surface area contributed by atoms with Crippen LogP contribution in [0.4, 0.5) is 5.69 Å². The normalized spacial score (nSPS) is 10.0. The van der Waals surface area contributed by atoms with Gasteiger partial charge >= 0.3 is 0 Å². The Bertz CT molecular complexity index is 757. The van der Waals surface area contributed by atoms with Gasteiger partial charge in [0.25, 0.3) is 11.2 Å². The van der Waals surface area contributed by atoms with Gasteiger partial charge in [-0.3, -0.25) is 14.9 Å². The average molecular weight is 270 g/mol. The van der Waals surface area contributed by atoms with Gasteiger partial charge in [-0.15, -0.1) is 0 Å². The van der Waals surface area contributed by atoms with Crippen molar-refractivity contribution in [3.05, 3.63) is 56.4 Å². The van der Waals surface area contributed by atoms with Crippen LogP contribution in [0.5, 0.6) is 0 Å². The van der Waals surface area contributed by atoms with Gasteiger partial charge in [0.05, 0.1) is 23.1 Å². The second-order valence-electron chi connectivity index (χ2n) is 4.12. The number of rotatable bonds is 3. The monoisotopic (exact) mass is 270 g/mol. The Balaban J connectivity index is 2.50. The third-order valence-electron chi connectivity index (χ3n) is 2.78. The molecule has 0 atom stereocenters. The first-order chi connectivity index (χ1) is 9.52. The average Bonchev–Trinajstić information content (AvgIpc) is 2.44. The summed E-state index contributed by atoms with van der Waals surface area (Å²) in [6, 6.07) is 9.31. The molecule has 0 aliphatic heterocycles. The maximum Gasteiger partial charge on any atom is 0.270 e. The first-order valence-electron chi connectivity index (χ1n) is 5.72. The molecule has 0 bridgehead atoms. The number of nitro groups is 1. The van der Waals surface area contributed by atoms with Crippen LogP contribution in [0.2, 0.25) is 0 Å². The van der Waals surface area contributed by atoms with Crippen molar-refractivity contribution in [2.24, 2.45) is 7.05 Å². The van der Waals surface area contributed by atoms with Gasteiger partial charge in [-0.05, 0) is 18.2 Å². The van der Waals surface area contributed by atoms with E-state index >= 15 is 0 Å². The first kappa shape index (κ1) is 13.4. The minimum Gasteiger partial charge on any atom is -0.267 e. The summed E-state index contributed by atoms with van der Waals surface area (Å²) >= 11 is 0. The fraction of sp³-hybridized carbons (Fsp3) is 0.154.